The lowest BCUT2D eigenvalue weighted by Crippen LogP contribution is -2.48. The molecule has 4 nitrogen and oxygen atoms in total. The highest BCUT2D eigenvalue weighted by Crippen LogP contribution is 2.16. The Bertz CT molecular complexity index is 555. The van der Waals surface area contributed by atoms with E-state index in [-0.39, 0.29) is 12.8 Å². The number of unbranched alkanes of at least 4 members (excludes halogenated alkanes) is 30. The summed E-state index contributed by atoms with van der Waals surface area (Å²) < 4.78 is 12.9. The number of hydrogen-bond donors (Lipinski definition) is 1. The number of nitrogens with zero attached hydrogens (tertiary/aromatic N) is 1. The third kappa shape index (κ3) is 36.7. The largest absolute Gasteiger partial charge is 0.379 e. The molecule has 0 aliphatic heterocycles. The topological polar surface area (TPSA) is 38.7 Å². The second kappa shape index (κ2) is 37.7. The fraction of sp³-hybridized carbons (Fsp3) is 1.00. The van der Waals surface area contributed by atoms with Crippen LogP contribution in [0.4, 0.5) is 0 Å². The molecule has 0 fully saturated rings. The average molecular weight is 655 g/mol. The molecule has 0 spiro atoms. The van der Waals surface area contributed by atoms with Crippen molar-refractivity contribution in [3.8, 4) is 0 Å². The van der Waals surface area contributed by atoms with E-state index < -0.39 is 0 Å². The summed E-state index contributed by atoms with van der Waals surface area (Å²) in [5.74, 6) is 0. The molecule has 0 aliphatic carbocycles. The monoisotopic (exact) mass is 655 g/mol. The number of ether oxygens (including phenoxy) is 2. The molecular formula is C42H88NO3+. The van der Waals surface area contributed by atoms with Crippen molar-refractivity contribution in [2.24, 2.45) is 0 Å². The normalized spacial score (nSPS) is 12.7. The lowest BCUT2D eigenvalue weighted by molar-refractivity contribution is -0.911. The highest BCUT2D eigenvalue weighted by molar-refractivity contribution is 4.58. The van der Waals surface area contributed by atoms with Crippen LogP contribution in [-0.2, 0) is 9.47 Å². The molecule has 1 unspecified atom stereocenters. The van der Waals surface area contributed by atoms with Crippen LogP contribution >= 0.6 is 0 Å². The summed E-state index contributed by atoms with van der Waals surface area (Å²) in [6.07, 6.45) is 44.7. The first-order valence-corrected chi connectivity index (χ1v) is 21.2. The maximum Gasteiger partial charge on any atom is 0.179 e. The molecule has 46 heavy (non-hydrogen) atoms. The molecular weight excluding hydrogens is 566 g/mol. The van der Waals surface area contributed by atoms with Gasteiger partial charge in [0.2, 0.25) is 0 Å². The van der Waals surface area contributed by atoms with Gasteiger partial charge in [0.05, 0.1) is 20.7 Å². The van der Waals surface area contributed by atoms with Gasteiger partial charge in [-0.3, -0.25) is 0 Å². The van der Waals surface area contributed by atoms with E-state index in [2.05, 4.69) is 27.9 Å². The molecule has 0 amide bonds. The first-order chi connectivity index (χ1) is 22.6. The van der Waals surface area contributed by atoms with Crippen LogP contribution in [0.25, 0.3) is 0 Å². The summed E-state index contributed by atoms with van der Waals surface area (Å²) in [5.41, 5.74) is 0. The van der Waals surface area contributed by atoms with Gasteiger partial charge in [0.15, 0.2) is 6.73 Å². The minimum absolute atomic E-state index is 0.0690. The minimum atomic E-state index is 0.0690. The van der Waals surface area contributed by atoms with Gasteiger partial charge in [0, 0.05) is 13.2 Å². The third-order valence-electron chi connectivity index (χ3n) is 9.88. The predicted molar refractivity (Wildman–Crippen MR) is 204 cm³/mol. The van der Waals surface area contributed by atoms with E-state index in [0.29, 0.717) is 11.1 Å². The molecule has 0 saturated heterocycles. The van der Waals surface area contributed by atoms with Crippen molar-refractivity contribution in [3.63, 3.8) is 0 Å². The Balaban J connectivity index is 3.64. The van der Waals surface area contributed by atoms with Crippen LogP contribution in [0.1, 0.15) is 219 Å². The highest BCUT2D eigenvalue weighted by atomic mass is 16.5. The van der Waals surface area contributed by atoms with E-state index in [1.165, 1.54) is 193 Å². The quantitative estimate of drug-likeness (QED) is 0.0406. The minimum Gasteiger partial charge on any atom is -0.379 e. The van der Waals surface area contributed by atoms with Gasteiger partial charge in [0.1, 0.15) is 12.6 Å². The Morgan fingerprint density at radius 3 is 1.00 bits per heavy atom. The van der Waals surface area contributed by atoms with Crippen molar-refractivity contribution in [2.75, 3.05) is 47.2 Å². The van der Waals surface area contributed by atoms with Crippen LogP contribution in [0.15, 0.2) is 0 Å². The summed E-state index contributed by atoms with van der Waals surface area (Å²) in [4.78, 5) is 0. The Morgan fingerprint density at radius 2 is 0.696 bits per heavy atom. The van der Waals surface area contributed by atoms with Gasteiger partial charge in [-0.2, -0.15) is 0 Å². The molecule has 0 heterocycles. The summed E-state index contributed by atoms with van der Waals surface area (Å²) in [7, 11) is 4.14. The zero-order valence-corrected chi connectivity index (χ0v) is 32.5. The van der Waals surface area contributed by atoms with Crippen LogP contribution in [0.3, 0.4) is 0 Å². The number of hydrogen-bond acceptors (Lipinski definition) is 3. The van der Waals surface area contributed by atoms with Crippen molar-refractivity contribution >= 4 is 0 Å². The molecule has 0 aromatic rings. The molecule has 278 valence electrons. The van der Waals surface area contributed by atoms with Gasteiger partial charge in [-0.15, -0.1) is 0 Å². The van der Waals surface area contributed by atoms with Crippen molar-refractivity contribution in [1.29, 1.82) is 0 Å². The molecule has 0 radical (unpaired) electrons. The van der Waals surface area contributed by atoms with Crippen LogP contribution in [-0.4, -0.2) is 62.9 Å². The third-order valence-corrected chi connectivity index (χ3v) is 9.88. The van der Waals surface area contributed by atoms with Crippen molar-refractivity contribution in [3.05, 3.63) is 0 Å². The fourth-order valence-electron chi connectivity index (χ4n) is 6.63. The molecule has 0 aromatic heterocycles. The molecule has 0 aliphatic rings. The van der Waals surface area contributed by atoms with E-state index in [1.807, 2.05) is 0 Å². The van der Waals surface area contributed by atoms with Crippen LogP contribution < -0.4 is 0 Å². The lowest BCUT2D eigenvalue weighted by Gasteiger charge is -2.31. The summed E-state index contributed by atoms with van der Waals surface area (Å²) >= 11 is 0. The molecule has 0 aromatic carbocycles. The lowest BCUT2D eigenvalue weighted by atomic mass is 10.0. The number of aliphatic hydroxyl groups excluding tert-OH is 1. The van der Waals surface area contributed by atoms with E-state index in [0.717, 1.165) is 32.6 Å². The Hall–Kier alpha value is -0.160. The Kier molecular flexibility index (Phi) is 37.5. The maximum absolute atomic E-state index is 9.77. The van der Waals surface area contributed by atoms with E-state index in [9.17, 15) is 5.11 Å². The predicted octanol–water partition coefficient (Wildman–Crippen LogP) is 12.9. The number of likely N-dealkylation sites (N-methyl/N-ethyl adjacent to an activating group) is 1. The fourth-order valence-corrected chi connectivity index (χ4v) is 6.63. The second-order valence-corrected chi connectivity index (χ2v) is 15.4. The van der Waals surface area contributed by atoms with Gasteiger partial charge in [-0.1, -0.05) is 206 Å². The van der Waals surface area contributed by atoms with Crippen molar-refractivity contribution in [2.45, 2.75) is 225 Å². The Labute approximate surface area is 291 Å². The maximum atomic E-state index is 9.77. The van der Waals surface area contributed by atoms with Gasteiger partial charge in [-0.05, 0) is 12.8 Å². The molecule has 1 N–H and O–H groups in total. The second-order valence-electron chi connectivity index (χ2n) is 15.4. The van der Waals surface area contributed by atoms with Crippen molar-refractivity contribution in [1.82, 2.24) is 0 Å². The van der Waals surface area contributed by atoms with Gasteiger partial charge >= 0.3 is 0 Å². The SMILES string of the molecule is CCCCCCCCCCCCCCCCCCOCC(C[N+](C)(C)CO)OCCCCCCCCCCCCCCCCCC. The number of aliphatic hydroxyl groups is 1. The zero-order chi connectivity index (χ0) is 33.7. The first-order valence-electron chi connectivity index (χ1n) is 21.2. The smallest absolute Gasteiger partial charge is 0.179 e. The molecule has 1 atom stereocenters. The summed E-state index contributed by atoms with van der Waals surface area (Å²) in [6.45, 7) is 7.84. The van der Waals surface area contributed by atoms with Crippen LogP contribution in [0, 0.1) is 0 Å². The molecule has 0 rings (SSSR count). The standard InChI is InChI=1S/C42H88NO3/c1-5-7-9-11-13-15-17-19-21-23-25-27-29-31-33-35-37-45-40-42(39-43(3,4)41-44)46-38-36-34-32-30-28-26-24-22-20-18-16-14-12-10-8-6-2/h42,44H,5-41H2,1-4H3/q+1. The van der Waals surface area contributed by atoms with E-state index in [4.69, 9.17) is 9.47 Å². The number of quaternary nitrogens is 1. The summed E-state index contributed by atoms with van der Waals surface area (Å²) in [6, 6.07) is 0. The van der Waals surface area contributed by atoms with Crippen LogP contribution in [0.5, 0.6) is 0 Å². The molecule has 0 bridgehead atoms. The highest BCUT2D eigenvalue weighted by Gasteiger charge is 2.22. The first kappa shape index (κ1) is 45.8. The van der Waals surface area contributed by atoms with Gasteiger partial charge < -0.3 is 19.1 Å². The Morgan fingerprint density at radius 1 is 0.413 bits per heavy atom. The van der Waals surface area contributed by atoms with Crippen LogP contribution in [0.2, 0.25) is 0 Å². The van der Waals surface area contributed by atoms with Gasteiger partial charge in [0.25, 0.3) is 0 Å². The van der Waals surface area contributed by atoms with E-state index >= 15 is 0 Å². The summed E-state index contributed by atoms with van der Waals surface area (Å²) in [5, 5.41) is 9.77. The van der Waals surface area contributed by atoms with Crippen molar-refractivity contribution < 1.29 is 19.1 Å². The average Bonchev–Trinajstić information content (AvgIpc) is 3.05. The van der Waals surface area contributed by atoms with Gasteiger partial charge in [-0.25, -0.2) is 0 Å². The molecule has 4 heteroatoms. The number of rotatable bonds is 40. The molecule has 0 saturated carbocycles. The van der Waals surface area contributed by atoms with E-state index in [1.54, 1.807) is 0 Å². The zero-order valence-electron chi connectivity index (χ0n) is 32.5.